The van der Waals surface area contributed by atoms with Crippen molar-refractivity contribution in [1.29, 1.82) is 0 Å². The summed E-state index contributed by atoms with van der Waals surface area (Å²) in [7, 11) is 0. The molecule has 0 aliphatic rings. The van der Waals surface area contributed by atoms with E-state index in [0.717, 1.165) is 11.3 Å². The number of hydrogen-bond acceptors (Lipinski definition) is 5. The zero-order chi connectivity index (χ0) is 13.6. The lowest BCUT2D eigenvalue weighted by Gasteiger charge is -2.01. The minimum Gasteiger partial charge on any atom is -0.507 e. The molecule has 5 nitrogen and oxygen atoms in total. The summed E-state index contributed by atoms with van der Waals surface area (Å²) in [6.45, 7) is 0. The number of alkyl halides is 3. The van der Waals surface area contributed by atoms with Gasteiger partial charge in [-0.2, -0.15) is 22.8 Å². The maximum Gasteiger partial charge on any atom is 0.453 e. The lowest BCUT2D eigenvalue weighted by atomic mass is 10.2. The zero-order valence-corrected chi connectivity index (χ0v) is 9.90. The number of phenols is 1. The molecule has 1 N–H and O–H groups in total. The predicted molar refractivity (Wildman–Crippen MR) is 60.8 cm³/mol. The molecule has 0 aliphatic heterocycles. The van der Waals surface area contributed by atoms with E-state index >= 15 is 0 Å². The van der Waals surface area contributed by atoms with Crippen LogP contribution in [-0.2, 0) is 6.18 Å². The van der Waals surface area contributed by atoms with Gasteiger partial charge in [-0.25, -0.2) is 0 Å². The Morgan fingerprint density at radius 3 is 2.58 bits per heavy atom. The summed E-state index contributed by atoms with van der Waals surface area (Å²) in [5, 5.41) is 20.2. The number of halogens is 3. The van der Waals surface area contributed by atoms with Crippen LogP contribution in [0.3, 0.4) is 0 Å². The monoisotopic (exact) mass is 286 g/mol. The van der Waals surface area contributed by atoms with E-state index in [-0.39, 0.29) is 15.7 Å². The van der Waals surface area contributed by atoms with E-state index in [1.165, 1.54) is 6.07 Å². The van der Waals surface area contributed by atoms with E-state index in [1.807, 2.05) is 0 Å². The minimum atomic E-state index is -4.62. The lowest BCUT2D eigenvalue weighted by Crippen LogP contribution is -2.11. The van der Waals surface area contributed by atoms with Gasteiger partial charge in [-0.3, -0.25) is 0 Å². The van der Waals surface area contributed by atoms with Gasteiger partial charge in [-0.15, -0.1) is 10.2 Å². The molecule has 0 amide bonds. The first-order valence-corrected chi connectivity index (χ1v) is 5.86. The highest BCUT2D eigenvalue weighted by molar-refractivity contribution is 7.19. The third kappa shape index (κ3) is 1.91. The largest absolute Gasteiger partial charge is 0.507 e. The van der Waals surface area contributed by atoms with Crippen LogP contribution in [0, 0.1) is 0 Å². The van der Waals surface area contributed by atoms with Crippen LogP contribution in [0.1, 0.15) is 5.82 Å². The molecule has 0 saturated heterocycles. The molecule has 1 aromatic carbocycles. The van der Waals surface area contributed by atoms with Crippen molar-refractivity contribution in [1.82, 2.24) is 19.8 Å². The molecular formula is C10H5F3N4OS. The Hall–Kier alpha value is -2.16. The van der Waals surface area contributed by atoms with Gasteiger partial charge in [-0.05, 0) is 12.1 Å². The first-order chi connectivity index (χ1) is 8.97. The molecular weight excluding hydrogens is 281 g/mol. The summed E-state index contributed by atoms with van der Waals surface area (Å²) < 4.78 is 38.5. The highest BCUT2D eigenvalue weighted by Gasteiger charge is 2.38. The number of aromatic hydroxyl groups is 1. The fourth-order valence-electron chi connectivity index (χ4n) is 1.56. The number of hydrogen-bond donors (Lipinski definition) is 1. The molecule has 0 spiro atoms. The van der Waals surface area contributed by atoms with Crippen molar-refractivity contribution in [2.24, 2.45) is 0 Å². The molecule has 9 heteroatoms. The maximum atomic E-state index is 12.6. The Morgan fingerprint density at radius 2 is 1.89 bits per heavy atom. The van der Waals surface area contributed by atoms with Crippen molar-refractivity contribution >= 4 is 16.3 Å². The number of fused-ring (bicyclic) bond motifs is 1. The summed E-state index contributed by atoms with van der Waals surface area (Å²) in [5.41, 5.74) is 0.353. The quantitative estimate of drug-likeness (QED) is 0.746. The molecule has 3 rings (SSSR count). The third-order valence-electron chi connectivity index (χ3n) is 2.38. The van der Waals surface area contributed by atoms with Gasteiger partial charge in [0.15, 0.2) is 5.01 Å². The summed E-state index contributed by atoms with van der Waals surface area (Å²) >= 11 is 0.920. The number of phenolic OH excluding ortho intramolecular Hbond substituents is 1. The Labute approximate surface area is 107 Å². The molecule has 0 bridgehead atoms. The number of rotatable bonds is 1. The van der Waals surface area contributed by atoms with Crippen LogP contribution < -0.4 is 0 Å². The lowest BCUT2D eigenvalue weighted by molar-refractivity contribution is -0.146. The zero-order valence-electron chi connectivity index (χ0n) is 9.09. The molecule has 0 aliphatic carbocycles. The minimum absolute atomic E-state index is 0.0191. The number of aromatic nitrogens is 4. The number of nitrogens with zero attached hydrogens (tertiary/aromatic N) is 4. The molecule has 19 heavy (non-hydrogen) atoms. The van der Waals surface area contributed by atoms with Crippen molar-refractivity contribution < 1.29 is 18.3 Å². The summed E-state index contributed by atoms with van der Waals surface area (Å²) in [6, 6.07) is 6.26. The van der Waals surface area contributed by atoms with Crippen molar-refractivity contribution in [2.75, 3.05) is 0 Å². The second-order valence-electron chi connectivity index (χ2n) is 3.64. The molecule has 3 aromatic rings. The standard InChI is InChI=1S/C10H5F3N4OS/c11-10(12,13)8-14-15-9-17(8)16-7(19-9)5-3-1-2-4-6(5)18/h1-4,18H. The average Bonchev–Trinajstić information content (AvgIpc) is 2.86. The van der Waals surface area contributed by atoms with Gasteiger partial charge >= 0.3 is 6.18 Å². The maximum absolute atomic E-state index is 12.6. The average molecular weight is 286 g/mol. The van der Waals surface area contributed by atoms with Gasteiger partial charge in [0.05, 0.1) is 5.56 Å². The molecule has 2 aromatic heterocycles. The topological polar surface area (TPSA) is 63.3 Å². The van der Waals surface area contributed by atoms with Crippen LogP contribution in [0.5, 0.6) is 5.75 Å². The van der Waals surface area contributed by atoms with Gasteiger partial charge in [0.1, 0.15) is 5.75 Å². The fraction of sp³-hybridized carbons (Fsp3) is 0.100. The molecule has 0 atom stereocenters. The van der Waals surface area contributed by atoms with E-state index in [9.17, 15) is 18.3 Å². The molecule has 98 valence electrons. The van der Waals surface area contributed by atoms with E-state index in [1.54, 1.807) is 18.2 Å². The van der Waals surface area contributed by atoms with Crippen LogP contribution >= 0.6 is 11.3 Å². The number of para-hydroxylation sites is 1. The van der Waals surface area contributed by atoms with Gasteiger partial charge < -0.3 is 5.11 Å². The van der Waals surface area contributed by atoms with Gasteiger partial charge in [0.2, 0.25) is 4.96 Å². The van der Waals surface area contributed by atoms with Crippen LogP contribution in [0.2, 0.25) is 0 Å². The first kappa shape index (κ1) is 11.9. The second-order valence-corrected chi connectivity index (χ2v) is 4.60. The van der Waals surface area contributed by atoms with E-state index < -0.39 is 12.0 Å². The summed E-state index contributed by atoms with van der Waals surface area (Å²) in [4.78, 5) is 0.0191. The van der Waals surface area contributed by atoms with Crippen LogP contribution in [-0.4, -0.2) is 24.9 Å². The van der Waals surface area contributed by atoms with Crippen molar-refractivity contribution in [3.63, 3.8) is 0 Å². The SMILES string of the molecule is Oc1ccccc1-c1nn2c(C(F)(F)F)nnc2s1. The summed E-state index contributed by atoms with van der Waals surface area (Å²) in [6.07, 6.45) is -4.62. The van der Waals surface area contributed by atoms with Crippen LogP contribution in [0.25, 0.3) is 15.5 Å². The van der Waals surface area contributed by atoms with E-state index in [2.05, 4.69) is 15.3 Å². The predicted octanol–water partition coefficient (Wildman–Crippen LogP) is 2.58. The second kappa shape index (κ2) is 3.92. The van der Waals surface area contributed by atoms with Crippen LogP contribution in [0.4, 0.5) is 13.2 Å². The molecule has 2 heterocycles. The highest BCUT2D eigenvalue weighted by Crippen LogP contribution is 2.34. The summed E-state index contributed by atoms with van der Waals surface area (Å²) in [5.74, 6) is -1.23. The van der Waals surface area contributed by atoms with Gasteiger partial charge in [0, 0.05) is 0 Å². The fourth-order valence-corrected chi connectivity index (χ4v) is 2.43. The first-order valence-electron chi connectivity index (χ1n) is 5.04. The highest BCUT2D eigenvalue weighted by atomic mass is 32.1. The molecule has 0 radical (unpaired) electrons. The Balaban J connectivity index is 2.18. The van der Waals surface area contributed by atoms with Crippen LogP contribution in [0.15, 0.2) is 24.3 Å². The molecule has 0 fully saturated rings. The molecule has 0 saturated carbocycles. The normalized spacial score (nSPS) is 12.2. The van der Waals surface area contributed by atoms with E-state index in [0.29, 0.717) is 10.1 Å². The van der Waals surface area contributed by atoms with E-state index in [4.69, 9.17) is 0 Å². The Bertz CT molecular complexity index is 749. The third-order valence-corrected chi connectivity index (χ3v) is 3.31. The Kier molecular flexibility index (Phi) is 2.45. The smallest absolute Gasteiger partial charge is 0.453 e. The Morgan fingerprint density at radius 1 is 1.16 bits per heavy atom. The van der Waals surface area contributed by atoms with Crippen molar-refractivity contribution in [2.45, 2.75) is 6.18 Å². The van der Waals surface area contributed by atoms with Crippen molar-refractivity contribution in [3.8, 4) is 16.3 Å². The van der Waals surface area contributed by atoms with Gasteiger partial charge in [0.25, 0.3) is 5.82 Å². The molecule has 0 unspecified atom stereocenters. The number of benzene rings is 1. The van der Waals surface area contributed by atoms with Gasteiger partial charge in [-0.1, -0.05) is 23.5 Å². The van der Waals surface area contributed by atoms with Crippen molar-refractivity contribution in [3.05, 3.63) is 30.1 Å².